The molecule has 1 aromatic heterocycles. The van der Waals surface area contributed by atoms with Crippen molar-refractivity contribution in [1.29, 1.82) is 5.41 Å². The Bertz CT molecular complexity index is 1280. The van der Waals surface area contributed by atoms with Crippen molar-refractivity contribution < 1.29 is 26.8 Å². The highest BCUT2D eigenvalue weighted by molar-refractivity contribution is 7.98. The molecule has 8 nitrogen and oxygen atoms in total. The van der Waals surface area contributed by atoms with Gasteiger partial charge in [0, 0.05) is 24.0 Å². The van der Waals surface area contributed by atoms with Crippen molar-refractivity contribution in [3.8, 4) is 0 Å². The van der Waals surface area contributed by atoms with Crippen LogP contribution in [0.15, 0.2) is 52.9 Å². The van der Waals surface area contributed by atoms with E-state index in [-0.39, 0.29) is 12.5 Å². The minimum absolute atomic E-state index is 0.230. The van der Waals surface area contributed by atoms with E-state index in [0.29, 0.717) is 46.9 Å². The van der Waals surface area contributed by atoms with Crippen LogP contribution in [0.4, 0.5) is 51.2 Å². The number of nitrogens with zero attached hydrogens (tertiary/aromatic N) is 1. The quantitative estimate of drug-likeness (QED) is 0.167. The number of nitrogens with one attached hydrogen (secondary N) is 5. The van der Waals surface area contributed by atoms with E-state index in [1.165, 1.54) is 0 Å². The summed E-state index contributed by atoms with van der Waals surface area (Å²) < 4.78 is 58.3. The summed E-state index contributed by atoms with van der Waals surface area (Å²) in [5, 5.41) is 19.5. The van der Waals surface area contributed by atoms with Gasteiger partial charge in [-0.15, -0.1) is 0 Å². The Balaban J connectivity index is 1.38. The zero-order valence-electron chi connectivity index (χ0n) is 19.6. The number of amides is 2. The van der Waals surface area contributed by atoms with Crippen LogP contribution in [0.5, 0.6) is 0 Å². The lowest BCUT2D eigenvalue weighted by Crippen LogP contribution is -2.39. The molecule has 5 N–H and O–H groups in total. The predicted molar refractivity (Wildman–Crippen MR) is 138 cm³/mol. The van der Waals surface area contributed by atoms with E-state index in [9.17, 15) is 22.4 Å². The second-order valence-electron chi connectivity index (χ2n) is 8.06. The Morgan fingerprint density at radius 3 is 2.62 bits per heavy atom. The fourth-order valence-corrected chi connectivity index (χ4v) is 4.05. The van der Waals surface area contributed by atoms with Crippen LogP contribution in [0.3, 0.4) is 0 Å². The van der Waals surface area contributed by atoms with Crippen LogP contribution in [0.2, 0.25) is 0 Å². The molecule has 0 saturated heterocycles. The molecule has 3 aromatic rings. The standard InChI is InChI=1S/C24H24F4N6O2S/c1-37-10-2-9-30-20-12-17-21(29)34(13-31-22(17)36-20)16-6-4-15(5-7-16)32-23(35)33-19-11-14(24(26,27)28)3-8-18(19)25/h3-8,11-12,29-31H,2,9-10,13H2,1H3,(H2,32,33,35). The number of alkyl halides is 3. The van der Waals surface area contributed by atoms with Gasteiger partial charge in [-0.05, 0) is 60.9 Å². The number of thioether (sulfide) groups is 1. The fourth-order valence-electron chi connectivity index (χ4n) is 3.62. The molecule has 4 rings (SSSR count). The first-order chi connectivity index (χ1) is 17.7. The SMILES string of the molecule is CSCCCNc1cc2c(o1)NCN(c1ccc(NC(=O)Nc3cc(C(F)(F)F)ccc3F)cc1)C2=N. The van der Waals surface area contributed by atoms with Gasteiger partial charge in [0.1, 0.15) is 11.7 Å². The maximum Gasteiger partial charge on any atom is 0.416 e. The number of furan rings is 1. The average molecular weight is 537 g/mol. The molecule has 0 atom stereocenters. The molecular formula is C24H24F4N6O2S. The lowest BCUT2D eigenvalue weighted by molar-refractivity contribution is -0.137. The maximum atomic E-state index is 13.9. The highest BCUT2D eigenvalue weighted by atomic mass is 32.2. The van der Waals surface area contributed by atoms with Crippen LogP contribution in [0.25, 0.3) is 0 Å². The zero-order chi connectivity index (χ0) is 26.6. The maximum absolute atomic E-state index is 13.9. The molecule has 1 aliphatic rings. The summed E-state index contributed by atoms with van der Waals surface area (Å²) in [6, 6.07) is 9.10. The van der Waals surface area contributed by atoms with E-state index in [0.717, 1.165) is 18.7 Å². The summed E-state index contributed by atoms with van der Waals surface area (Å²) >= 11 is 1.77. The van der Waals surface area contributed by atoms with Gasteiger partial charge in [-0.1, -0.05) is 0 Å². The fraction of sp³-hybridized carbons (Fsp3) is 0.250. The molecule has 0 radical (unpaired) electrons. The van der Waals surface area contributed by atoms with Crippen molar-refractivity contribution in [3.63, 3.8) is 0 Å². The molecule has 0 unspecified atom stereocenters. The van der Waals surface area contributed by atoms with Crippen LogP contribution in [-0.2, 0) is 6.18 Å². The van der Waals surface area contributed by atoms with Gasteiger partial charge in [0.05, 0.1) is 23.5 Å². The molecule has 1 aliphatic heterocycles. The molecule has 196 valence electrons. The van der Waals surface area contributed by atoms with Crippen molar-refractivity contribution in [3.05, 3.63) is 65.5 Å². The third-order valence-electron chi connectivity index (χ3n) is 5.46. The van der Waals surface area contributed by atoms with Gasteiger partial charge >= 0.3 is 12.2 Å². The molecule has 0 bridgehead atoms. The number of benzene rings is 2. The largest absolute Gasteiger partial charge is 0.425 e. The number of fused-ring (bicyclic) bond motifs is 1. The van der Waals surface area contributed by atoms with E-state index in [4.69, 9.17) is 9.83 Å². The Morgan fingerprint density at radius 2 is 1.92 bits per heavy atom. The summed E-state index contributed by atoms with van der Waals surface area (Å²) in [7, 11) is 0. The minimum atomic E-state index is -4.67. The summed E-state index contributed by atoms with van der Waals surface area (Å²) in [5.74, 6) is 1.35. The first-order valence-electron chi connectivity index (χ1n) is 11.2. The molecule has 0 aliphatic carbocycles. The number of carbonyl (C=O) groups is 1. The summed E-state index contributed by atoms with van der Waals surface area (Å²) in [5.41, 5.74) is -0.0842. The normalized spacial score (nSPS) is 13.1. The van der Waals surface area contributed by atoms with E-state index in [2.05, 4.69) is 21.3 Å². The Hall–Kier alpha value is -3.87. The third kappa shape index (κ3) is 6.28. The van der Waals surface area contributed by atoms with Crippen LogP contribution < -0.4 is 26.2 Å². The van der Waals surface area contributed by atoms with Crippen LogP contribution in [0.1, 0.15) is 17.5 Å². The van der Waals surface area contributed by atoms with Gasteiger partial charge < -0.3 is 30.6 Å². The highest BCUT2D eigenvalue weighted by Crippen LogP contribution is 2.33. The number of urea groups is 1. The molecule has 13 heteroatoms. The predicted octanol–water partition coefficient (Wildman–Crippen LogP) is 6.46. The van der Waals surface area contributed by atoms with Crippen molar-refractivity contribution in [1.82, 2.24) is 0 Å². The number of hydrogen-bond donors (Lipinski definition) is 5. The number of anilines is 5. The third-order valence-corrected chi connectivity index (χ3v) is 6.15. The molecule has 2 aromatic carbocycles. The molecule has 2 amide bonds. The molecule has 0 saturated carbocycles. The van der Waals surface area contributed by atoms with Gasteiger partial charge in [-0.2, -0.15) is 24.9 Å². The lowest BCUT2D eigenvalue weighted by atomic mass is 10.2. The molecular weight excluding hydrogens is 512 g/mol. The Morgan fingerprint density at radius 1 is 1.16 bits per heavy atom. The smallest absolute Gasteiger partial charge is 0.416 e. The number of amidine groups is 1. The topological polar surface area (TPSA) is 105 Å². The van der Waals surface area contributed by atoms with Crippen LogP contribution in [-0.4, -0.2) is 37.1 Å². The van der Waals surface area contributed by atoms with Gasteiger partial charge in [-0.3, -0.25) is 5.41 Å². The number of carbonyl (C=O) groups excluding carboxylic acids is 1. The summed E-state index contributed by atoms with van der Waals surface area (Å²) in [6.45, 7) is 1.04. The second-order valence-corrected chi connectivity index (χ2v) is 9.04. The van der Waals surface area contributed by atoms with Crippen molar-refractivity contribution in [2.24, 2.45) is 0 Å². The molecule has 2 heterocycles. The monoisotopic (exact) mass is 536 g/mol. The number of rotatable bonds is 8. The minimum Gasteiger partial charge on any atom is -0.425 e. The first kappa shape index (κ1) is 26.2. The van der Waals surface area contributed by atoms with Crippen LogP contribution >= 0.6 is 11.8 Å². The molecule has 37 heavy (non-hydrogen) atoms. The van der Waals surface area contributed by atoms with Gasteiger partial charge in [0.2, 0.25) is 5.88 Å². The molecule has 0 spiro atoms. The van der Waals surface area contributed by atoms with E-state index in [1.807, 2.05) is 6.26 Å². The summed E-state index contributed by atoms with van der Waals surface area (Å²) in [6.07, 6.45) is -1.64. The van der Waals surface area contributed by atoms with Gasteiger partial charge in [0.15, 0.2) is 5.88 Å². The lowest BCUT2D eigenvalue weighted by Gasteiger charge is -2.29. The van der Waals surface area contributed by atoms with Crippen LogP contribution in [0, 0.1) is 11.2 Å². The molecule has 0 fully saturated rings. The van der Waals surface area contributed by atoms with E-state index < -0.39 is 29.3 Å². The van der Waals surface area contributed by atoms with Gasteiger partial charge in [-0.25, -0.2) is 9.18 Å². The van der Waals surface area contributed by atoms with Crippen molar-refractivity contribution in [2.45, 2.75) is 12.6 Å². The van der Waals surface area contributed by atoms with E-state index in [1.54, 1.807) is 47.0 Å². The average Bonchev–Trinajstić information content (AvgIpc) is 3.27. The Labute approximate surface area is 214 Å². The first-order valence-corrected chi connectivity index (χ1v) is 12.6. The summed E-state index contributed by atoms with van der Waals surface area (Å²) in [4.78, 5) is 13.9. The zero-order valence-corrected chi connectivity index (χ0v) is 20.4. The van der Waals surface area contributed by atoms with Gasteiger partial charge in [0.25, 0.3) is 0 Å². The number of hydrogen-bond acceptors (Lipinski definition) is 6. The Kier molecular flexibility index (Phi) is 7.81. The van der Waals surface area contributed by atoms with E-state index >= 15 is 0 Å². The number of halogens is 4. The second kappa shape index (κ2) is 11.0. The van der Waals surface area contributed by atoms with Crippen molar-refractivity contribution in [2.75, 3.05) is 51.4 Å². The van der Waals surface area contributed by atoms with Crippen molar-refractivity contribution >= 4 is 52.5 Å². The highest BCUT2D eigenvalue weighted by Gasteiger charge is 2.31.